The number of fused-ring (bicyclic) bond motifs is 2. The average molecular weight is 426 g/mol. The number of para-hydroxylation sites is 2. The molecule has 32 heavy (non-hydrogen) atoms. The number of rotatable bonds is 2. The lowest BCUT2D eigenvalue weighted by Crippen LogP contribution is -2.55. The van der Waals surface area contributed by atoms with Crippen LogP contribution in [-0.4, -0.2) is 47.2 Å². The van der Waals surface area contributed by atoms with E-state index in [-0.39, 0.29) is 11.9 Å². The smallest absolute Gasteiger partial charge is 0.227 e. The standard InChI is InChI=1S/C27H27N3O2/c1-19-12-13-24-22(16-19)27(28-23-10-6-7-11-25(23)32-24)29-14-15-30(20(2)18-29)26(31)17-21-8-4-3-5-9-21/h3-13,16,20H,14-15,17-18H2,1-2H3. The Balaban J connectivity index is 1.41. The van der Waals surface area contributed by atoms with Crippen LogP contribution in [0.1, 0.15) is 23.6 Å². The highest BCUT2D eigenvalue weighted by molar-refractivity contribution is 6.04. The van der Waals surface area contributed by atoms with Gasteiger partial charge < -0.3 is 14.5 Å². The zero-order valence-corrected chi connectivity index (χ0v) is 18.5. The molecule has 5 rings (SSSR count). The maximum absolute atomic E-state index is 13.0. The van der Waals surface area contributed by atoms with Crippen LogP contribution in [-0.2, 0) is 11.2 Å². The van der Waals surface area contributed by atoms with E-state index in [9.17, 15) is 4.79 Å². The number of aliphatic imine (C=N–C) groups is 1. The van der Waals surface area contributed by atoms with Crippen LogP contribution in [0, 0.1) is 6.92 Å². The van der Waals surface area contributed by atoms with Crippen molar-refractivity contribution >= 4 is 17.4 Å². The Morgan fingerprint density at radius 1 is 1.00 bits per heavy atom. The number of hydrogen-bond acceptors (Lipinski definition) is 4. The average Bonchev–Trinajstić information content (AvgIpc) is 2.96. The SMILES string of the molecule is Cc1ccc2c(c1)C(N1CCN(C(=O)Cc3ccccc3)C(C)C1)=Nc1ccccc1O2. The van der Waals surface area contributed by atoms with Crippen LogP contribution in [0.2, 0.25) is 0 Å². The molecule has 1 saturated heterocycles. The van der Waals surface area contributed by atoms with Crippen LogP contribution < -0.4 is 4.74 Å². The molecule has 1 atom stereocenters. The van der Waals surface area contributed by atoms with Gasteiger partial charge in [0.15, 0.2) is 5.75 Å². The Labute approximate surface area is 189 Å². The quantitative estimate of drug-likeness (QED) is 0.583. The molecule has 0 bridgehead atoms. The molecule has 0 spiro atoms. The number of aryl methyl sites for hydroxylation is 1. The predicted molar refractivity (Wildman–Crippen MR) is 127 cm³/mol. The van der Waals surface area contributed by atoms with Crippen molar-refractivity contribution in [1.29, 1.82) is 0 Å². The van der Waals surface area contributed by atoms with E-state index in [0.717, 1.165) is 52.8 Å². The van der Waals surface area contributed by atoms with E-state index < -0.39 is 0 Å². The first-order valence-corrected chi connectivity index (χ1v) is 11.1. The third kappa shape index (κ3) is 3.98. The van der Waals surface area contributed by atoms with E-state index in [1.165, 1.54) is 0 Å². The summed E-state index contributed by atoms with van der Waals surface area (Å²) in [4.78, 5) is 22.3. The molecule has 0 N–H and O–H groups in total. The first-order valence-electron chi connectivity index (χ1n) is 11.1. The largest absolute Gasteiger partial charge is 0.454 e. The van der Waals surface area contributed by atoms with Crippen molar-refractivity contribution in [1.82, 2.24) is 9.80 Å². The Bertz CT molecular complexity index is 1170. The minimum atomic E-state index is 0.0929. The maximum atomic E-state index is 13.0. The molecule has 0 aliphatic carbocycles. The van der Waals surface area contributed by atoms with Gasteiger partial charge in [-0.25, -0.2) is 4.99 Å². The minimum absolute atomic E-state index is 0.0929. The lowest BCUT2D eigenvalue weighted by molar-refractivity contribution is -0.134. The topological polar surface area (TPSA) is 45.1 Å². The number of ether oxygens (including phenoxy) is 1. The van der Waals surface area contributed by atoms with E-state index in [4.69, 9.17) is 9.73 Å². The minimum Gasteiger partial charge on any atom is -0.454 e. The van der Waals surface area contributed by atoms with Crippen molar-refractivity contribution in [2.75, 3.05) is 19.6 Å². The van der Waals surface area contributed by atoms with Gasteiger partial charge in [0.1, 0.15) is 17.3 Å². The van der Waals surface area contributed by atoms with Gasteiger partial charge >= 0.3 is 0 Å². The molecule has 2 aliphatic rings. The van der Waals surface area contributed by atoms with Crippen LogP contribution in [0.4, 0.5) is 5.69 Å². The summed E-state index contributed by atoms with van der Waals surface area (Å²) in [7, 11) is 0. The molecule has 0 aromatic heterocycles. The molecule has 3 aromatic carbocycles. The molecule has 2 aliphatic heterocycles. The zero-order chi connectivity index (χ0) is 22.1. The number of piperazine rings is 1. The van der Waals surface area contributed by atoms with Crippen molar-refractivity contribution in [3.63, 3.8) is 0 Å². The zero-order valence-electron chi connectivity index (χ0n) is 18.5. The summed E-state index contributed by atoms with van der Waals surface area (Å²) in [5.41, 5.74) is 4.04. The van der Waals surface area contributed by atoms with Crippen LogP contribution >= 0.6 is 0 Å². The number of amides is 1. The van der Waals surface area contributed by atoms with Crippen molar-refractivity contribution in [2.45, 2.75) is 26.3 Å². The van der Waals surface area contributed by atoms with Gasteiger partial charge in [-0.15, -0.1) is 0 Å². The monoisotopic (exact) mass is 425 g/mol. The van der Waals surface area contributed by atoms with Crippen LogP contribution in [0.25, 0.3) is 0 Å². The fraction of sp³-hybridized carbons (Fsp3) is 0.259. The summed E-state index contributed by atoms with van der Waals surface area (Å²) < 4.78 is 6.23. The number of amidine groups is 1. The maximum Gasteiger partial charge on any atom is 0.227 e. The van der Waals surface area contributed by atoms with Gasteiger partial charge in [0.2, 0.25) is 5.91 Å². The first-order chi connectivity index (χ1) is 15.6. The van der Waals surface area contributed by atoms with Crippen molar-refractivity contribution in [2.24, 2.45) is 4.99 Å². The molecule has 2 heterocycles. The number of hydrogen-bond donors (Lipinski definition) is 0. The molecule has 3 aromatic rings. The molecule has 1 unspecified atom stereocenters. The fourth-order valence-electron chi connectivity index (χ4n) is 4.47. The summed E-state index contributed by atoms with van der Waals surface area (Å²) >= 11 is 0. The normalized spacial score (nSPS) is 17.6. The van der Waals surface area contributed by atoms with Crippen LogP contribution in [0.15, 0.2) is 77.8 Å². The molecule has 5 nitrogen and oxygen atoms in total. The van der Waals surface area contributed by atoms with Crippen molar-refractivity contribution in [3.8, 4) is 11.5 Å². The van der Waals surface area contributed by atoms with Gasteiger partial charge in [0.25, 0.3) is 0 Å². The highest BCUT2D eigenvalue weighted by Gasteiger charge is 2.31. The summed E-state index contributed by atoms with van der Waals surface area (Å²) in [6, 6.07) is 24.1. The van der Waals surface area contributed by atoms with Crippen LogP contribution in [0.5, 0.6) is 11.5 Å². The third-order valence-electron chi connectivity index (χ3n) is 6.13. The third-order valence-corrected chi connectivity index (χ3v) is 6.13. The molecule has 162 valence electrons. The number of carbonyl (C=O) groups excluding carboxylic acids is 1. The Morgan fingerprint density at radius 2 is 1.78 bits per heavy atom. The Hall–Kier alpha value is -3.60. The summed E-state index contributed by atoms with van der Waals surface area (Å²) in [5.74, 6) is 2.67. The molecule has 0 radical (unpaired) electrons. The molecule has 5 heteroatoms. The first kappa shape index (κ1) is 20.3. The van der Waals surface area contributed by atoms with Crippen LogP contribution in [0.3, 0.4) is 0 Å². The van der Waals surface area contributed by atoms with Crippen molar-refractivity contribution in [3.05, 3.63) is 89.5 Å². The van der Waals surface area contributed by atoms with Gasteiger partial charge in [0, 0.05) is 25.7 Å². The molecule has 1 amide bonds. The number of benzene rings is 3. The predicted octanol–water partition coefficient (Wildman–Crippen LogP) is 4.95. The second kappa shape index (κ2) is 8.50. The van der Waals surface area contributed by atoms with E-state index in [0.29, 0.717) is 13.0 Å². The fourth-order valence-corrected chi connectivity index (χ4v) is 4.47. The highest BCUT2D eigenvalue weighted by Crippen LogP contribution is 2.38. The Morgan fingerprint density at radius 3 is 2.59 bits per heavy atom. The number of carbonyl (C=O) groups is 1. The summed E-state index contributed by atoms with van der Waals surface area (Å²) in [5, 5.41) is 0. The van der Waals surface area contributed by atoms with Gasteiger partial charge in [0.05, 0.1) is 12.0 Å². The lowest BCUT2D eigenvalue weighted by atomic mass is 10.1. The van der Waals surface area contributed by atoms with Gasteiger partial charge in [-0.2, -0.15) is 0 Å². The van der Waals surface area contributed by atoms with E-state index in [2.05, 4.69) is 30.9 Å². The van der Waals surface area contributed by atoms with Gasteiger partial charge in [-0.1, -0.05) is 54.1 Å². The number of nitrogens with zero attached hydrogens (tertiary/aromatic N) is 3. The van der Waals surface area contributed by atoms with Gasteiger partial charge in [-0.3, -0.25) is 4.79 Å². The lowest BCUT2D eigenvalue weighted by Gasteiger charge is -2.41. The molecule has 0 saturated carbocycles. The second-order valence-corrected chi connectivity index (χ2v) is 8.55. The summed E-state index contributed by atoms with van der Waals surface area (Å²) in [6.45, 7) is 6.34. The summed E-state index contributed by atoms with van der Waals surface area (Å²) in [6.07, 6.45) is 0.440. The second-order valence-electron chi connectivity index (χ2n) is 8.55. The Kier molecular flexibility index (Phi) is 5.39. The van der Waals surface area contributed by atoms with Crippen molar-refractivity contribution < 1.29 is 9.53 Å². The van der Waals surface area contributed by atoms with Gasteiger partial charge in [-0.05, 0) is 43.7 Å². The molecular weight excluding hydrogens is 398 g/mol. The molecular formula is C27H27N3O2. The van der Waals surface area contributed by atoms with E-state index >= 15 is 0 Å². The van der Waals surface area contributed by atoms with E-state index in [1.807, 2.05) is 65.6 Å². The van der Waals surface area contributed by atoms with E-state index in [1.54, 1.807) is 0 Å². The molecule has 1 fully saturated rings. The highest BCUT2D eigenvalue weighted by atomic mass is 16.5.